The van der Waals surface area contributed by atoms with E-state index in [4.69, 9.17) is 9.47 Å². The third kappa shape index (κ3) is 5.37. The van der Waals surface area contributed by atoms with E-state index in [1.165, 1.54) is 12.7 Å². The molecule has 1 aromatic rings. The van der Waals surface area contributed by atoms with Gasteiger partial charge in [-0.3, -0.25) is 4.79 Å². The topological polar surface area (TPSA) is 67.9 Å². The van der Waals surface area contributed by atoms with E-state index in [2.05, 4.69) is 19.2 Å². The summed E-state index contributed by atoms with van der Waals surface area (Å²) in [7, 11) is 1.38. The zero-order chi connectivity index (χ0) is 18.4. The number of nitrogens with one attached hydrogen (secondary N) is 1. The number of methoxy groups -OCH3 is 1. The van der Waals surface area contributed by atoms with Gasteiger partial charge in [0.25, 0.3) is 5.91 Å². The minimum atomic E-state index is -0.566. The molecule has 1 fully saturated rings. The number of likely N-dealkylation sites (tertiary alicyclic amines) is 1. The van der Waals surface area contributed by atoms with Crippen molar-refractivity contribution in [3.63, 3.8) is 0 Å². The summed E-state index contributed by atoms with van der Waals surface area (Å²) in [6.07, 6.45) is 0.558. The molecule has 25 heavy (non-hydrogen) atoms. The molecular formula is C19H28N2O4. The molecular weight excluding hydrogens is 320 g/mol. The van der Waals surface area contributed by atoms with Crippen LogP contribution in [-0.2, 0) is 9.53 Å². The molecule has 2 amide bonds. The fraction of sp³-hybridized carbons (Fsp3) is 0.579. The van der Waals surface area contributed by atoms with Crippen LogP contribution in [0.4, 0.5) is 4.79 Å². The first-order valence-corrected chi connectivity index (χ1v) is 8.80. The van der Waals surface area contributed by atoms with Crippen molar-refractivity contribution in [3.05, 3.63) is 29.8 Å². The summed E-state index contributed by atoms with van der Waals surface area (Å²) in [6, 6.07) is 7.89. The lowest BCUT2D eigenvalue weighted by molar-refractivity contribution is -0.128. The largest absolute Gasteiger partial charge is 0.481 e. The minimum absolute atomic E-state index is 0.0581. The standard InChI is InChI=1S/C19H28N2O4/c1-13(2)15-5-7-17(8-6-15)25-14(3)18(22)20-16-9-11-21(12-10-16)19(23)24-4/h5-8,13-14,16H,9-12H2,1-4H3,(H,20,22). The Morgan fingerprint density at radius 3 is 2.24 bits per heavy atom. The van der Waals surface area contributed by atoms with Gasteiger partial charge in [0.05, 0.1) is 7.11 Å². The van der Waals surface area contributed by atoms with Crippen molar-refractivity contribution in [3.8, 4) is 5.75 Å². The Kier molecular flexibility index (Phi) is 6.67. The summed E-state index contributed by atoms with van der Waals surface area (Å²) in [6.45, 7) is 7.19. The Bertz CT molecular complexity index is 578. The third-order valence-electron chi connectivity index (χ3n) is 4.50. The molecule has 0 aromatic heterocycles. The molecule has 0 spiro atoms. The molecule has 1 heterocycles. The van der Waals surface area contributed by atoms with Crippen LogP contribution in [0.3, 0.4) is 0 Å². The van der Waals surface area contributed by atoms with Gasteiger partial charge in [0.1, 0.15) is 5.75 Å². The summed E-state index contributed by atoms with van der Waals surface area (Å²) < 4.78 is 10.4. The Balaban J connectivity index is 1.79. The Morgan fingerprint density at radius 1 is 1.12 bits per heavy atom. The number of ether oxygens (including phenoxy) is 2. The Labute approximate surface area is 149 Å². The van der Waals surface area contributed by atoms with Gasteiger partial charge >= 0.3 is 6.09 Å². The predicted molar refractivity (Wildman–Crippen MR) is 95.8 cm³/mol. The fourth-order valence-corrected chi connectivity index (χ4v) is 2.84. The molecule has 1 aliphatic heterocycles. The highest BCUT2D eigenvalue weighted by molar-refractivity contribution is 5.81. The average molecular weight is 348 g/mol. The van der Waals surface area contributed by atoms with Gasteiger partial charge in [-0.25, -0.2) is 4.79 Å². The van der Waals surface area contributed by atoms with E-state index >= 15 is 0 Å². The Morgan fingerprint density at radius 2 is 1.72 bits per heavy atom. The normalized spacial score (nSPS) is 16.4. The molecule has 1 aromatic carbocycles. The summed E-state index contributed by atoms with van der Waals surface area (Å²) in [5.41, 5.74) is 1.24. The van der Waals surface area contributed by atoms with Gasteiger partial charge < -0.3 is 19.7 Å². The monoisotopic (exact) mass is 348 g/mol. The van der Waals surface area contributed by atoms with Gasteiger partial charge in [-0.1, -0.05) is 26.0 Å². The summed E-state index contributed by atoms with van der Waals surface area (Å²) in [4.78, 5) is 25.4. The molecule has 138 valence electrons. The van der Waals surface area contributed by atoms with Gasteiger partial charge in [-0.15, -0.1) is 0 Å². The SMILES string of the molecule is COC(=O)N1CCC(NC(=O)C(C)Oc2ccc(C(C)C)cc2)CC1. The number of piperidine rings is 1. The Hall–Kier alpha value is -2.24. The number of benzene rings is 1. The predicted octanol–water partition coefficient (Wildman–Crippen LogP) is 2.92. The zero-order valence-corrected chi connectivity index (χ0v) is 15.5. The van der Waals surface area contributed by atoms with Crippen LogP contribution in [0.15, 0.2) is 24.3 Å². The second-order valence-electron chi connectivity index (χ2n) is 6.72. The van der Waals surface area contributed by atoms with Crippen molar-refractivity contribution in [2.75, 3.05) is 20.2 Å². The van der Waals surface area contributed by atoms with Gasteiger partial charge in [0.15, 0.2) is 6.10 Å². The maximum Gasteiger partial charge on any atom is 0.409 e. The van der Waals surface area contributed by atoms with Crippen LogP contribution in [0.2, 0.25) is 0 Å². The van der Waals surface area contributed by atoms with Crippen molar-refractivity contribution < 1.29 is 19.1 Å². The molecule has 6 heteroatoms. The van der Waals surface area contributed by atoms with Crippen molar-refractivity contribution in [2.45, 2.75) is 51.7 Å². The van der Waals surface area contributed by atoms with Crippen LogP contribution in [0.25, 0.3) is 0 Å². The second kappa shape index (κ2) is 8.74. The van der Waals surface area contributed by atoms with E-state index < -0.39 is 6.10 Å². The van der Waals surface area contributed by atoms with Crippen LogP contribution in [-0.4, -0.2) is 49.2 Å². The number of amides is 2. The fourth-order valence-electron chi connectivity index (χ4n) is 2.84. The van der Waals surface area contributed by atoms with E-state index in [1.807, 2.05) is 24.3 Å². The van der Waals surface area contributed by atoms with Crippen molar-refractivity contribution >= 4 is 12.0 Å². The van der Waals surface area contributed by atoms with Crippen LogP contribution in [0.1, 0.15) is 45.1 Å². The number of carbonyl (C=O) groups is 2. The van der Waals surface area contributed by atoms with Crippen molar-refractivity contribution in [1.29, 1.82) is 0 Å². The molecule has 1 saturated heterocycles. The lowest BCUT2D eigenvalue weighted by atomic mass is 10.0. The third-order valence-corrected chi connectivity index (χ3v) is 4.50. The van der Waals surface area contributed by atoms with Crippen LogP contribution >= 0.6 is 0 Å². The zero-order valence-electron chi connectivity index (χ0n) is 15.5. The second-order valence-corrected chi connectivity index (χ2v) is 6.72. The van der Waals surface area contributed by atoms with E-state index in [0.29, 0.717) is 24.8 Å². The van der Waals surface area contributed by atoms with Crippen LogP contribution in [0.5, 0.6) is 5.75 Å². The number of hydrogen-bond donors (Lipinski definition) is 1. The van der Waals surface area contributed by atoms with Gasteiger partial charge in [0, 0.05) is 19.1 Å². The first-order valence-electron chi connectivity index (χ1n) is 8.80. The summed E-state index contributed by atoms with van der Waals surface area (Å²) in [5.74, 6) is 1.02. The molecule has 0 bridgehead atoms. The maximum atomic E-state index is 12.3. The lowest BCUT2D eigenvalue weighted by Crippen LogP contribution is -2.49. The lowest BCUT2D eigenvalue weighted by Gasteiger charge is -2.31. The first-order chi connectivity index (χ1) is 11.9. The highest BCUT2D eigenvalue weighted by Crippen LogP contribution is 2.19. The van der Waals surface area contributed by atoms with Gasteiger partial charge in [-0.2, -0.15) is 0 Å². The van der Waals surface area contributed by atoms with Gasteiger partial charge in [0.2, 0.25) is 0 Å². The molecule has 0 aliphatic carbocycles. The molecule has 1 N–H and O–H groups in total. The number of hydrogen-bond acceptors (Lipinski definition) is 4. The highest BCUT2D eigenvalue weighted by atomic mass is 16.5. The summed E-state index contributed by atoms with van der Waals surface area (Å²) in [5, 5.41) is 3.00. The molecule has 1 atom stereocenters. The smallest absolute Gasteiger partial charge is 0.409 e. The first kappa shape index (κ1) is 19.1. The number of nitrogens with zero attached hydrogens (tertiary/aromatic N) is 1. The molecule has 0 saturated carbocycles. The van der Waals surface area contributed by atoms with Crippen molar-refractivity contribution in [2.24, 2.45) is 0 Å². The van der Waals surface area contributed by atoms with E-state index in [-0.39, 0.29) is 18.0 Å². The number of rotatable bonds is 5. The van der Waals surface area contributed by atoms with E-state index in [1.54, 1.807) is 11.8 Å². The molecule has 6 nitrogen and oxygen atoms in total. The average Bonchev–Trinajstić information content (AvgIpc) is 2.62. The number of carbonyl (C=O) groups excluding carboxylic acids is 2. The van der Waals surface area contributed by atoms with Crippen LogP contribution in [0, 0.1) is 0 Å². The van der Waals surface area contributed by atoms with E-state index in [0.717, 1.165) is 12.8 Å². The summed E-state index contributed by atoms with van der Waals surface area (Å²) >= 11 is 0. The molecule has 2 rings (SSSR count). The van der Waals surface area contributed by atoms with Crippen molar-refractivity contribution in [1.82, 2.24) is 10.2 Å². The highest BCUT2D eigenvalue weighted by Gasteiger charge is 2.26. The van der Waals surface area contributed by atoms with Crippen LogP contribution < -0.4 is 10.1 Å². The van der Waals surface area contributed by atoms with Gasteiger partial charge in [-0.05, 0) is 43.4 Å². The molecule has 0 radical (unpaired) electrons. The van der Waals surface area contributed by atoms with E-state index in [9.17, 15) is 9.59 Å². The quantitative estimate of drug-likeness (QED) is 0.888. The minimum Gasteiger partial charge on any atom is -0.481 e. The molecule has 1 aliphatic rings. The molecule has 1 unspecified atom stereocenters. The maximum absolute atomic E-state index is 12.3.